The second-order valence-corrected chi connectivity index (χ2v) is 9.59. The van der Waals surface area contributed by atoms with Crippen LogP contribution in [-0.2, 0) is 10.8 Å². The monoisotopic (exact) mass is 402 g/mol. The van der Waals surface area contributed by atoms with Gasteiger partial charge in [0.1, 0.15) is 5.75 Å². The van der Waals surface area contributed by atoms with Crippen LogP contribution in [0.4, 0.5) is 0 Å². The fourth-order valence-corrected chi connectivity index (χ4v) is 4.52. The molecule has 0 saturated carbocycles. The highest BCUT2D eigenvalue weighted by Gasteiger charge is 2.37. The molecule has 3 aromatic rings. The van der Waals surface area contributed by atoms with E-state index in [0.29, 0.717) is 11.1 Å². The molecule has 0 fully saturated rings. The maximum atomic E-state index is 13.3. The topological polar surface area (TPSA) is 74.6 Å². The Balaban J connectivity index is 1.92. The molecule has 154 valence electrons. The van der Waals surface area contributed by atoms with Gasteiger partial charge in [-0.2, -0.15) is 0 Å². The van der Waals surface area contributed by atoms with Crippen molar-refractivity contribution in [3.63, 3.8) is 0 Å². The first-order chi connectivity index (χ1) is 14.0. The summed E-state index contributed by atoms with van der Waals surface area (Å²) in [6.07, 6.45) is 2.15. The number of hydrogen-bond acceptors (Lipinski definition) is 3. The highest BCUT2D eigenvalue weighted by molar-refractivity contribution is 6.17. The number of carbonyl (C=O) groups excluding carboxylic acids is 1. The van der Waals surface area contributed by atoms with Crippen molar-refractivity contribution in [1.29, 1.82) is 0 Å². The Bertz CT molecular complexity index is 1180. The van der Waals surface area contributed by atoms with Gasteiger partial charge in [-0.15, -0.1) is 0 Å². The van der Waals surface area contributed by atoms with E-state index >= 15 is 0 Å². The van der Waals surface area contributed by atoms with Gasteiger partial charge in [0.2, 0.25) is 0 Å². The van der Waals surface area contributed by atoms with Crippen molar-refractivity contribution in [3.8, 4) is 5.75 Å². The van der Waals surface area contributed by atoms with Crippen molar-refractivity contribution in [3.05, 3.63) is 76.3 Å². The van der Waals surface area contributed by atoms with Crippen LogP contribution in [0.3, 0.4) is 0 Å². The molecule has 30 heavy (non-hydrogen) atoms. The molecule has 0 atom stereocenters. The Labute approximate surface area is 176 Å². The van der Waals surface area contributed by atoms with Crippen LogP contribution in [0, 0.1) is 0 Å². The van der Waals surface area contributed by atoms with Gasteiger partial charge in [0.15, 0.2) is 5.78 Å². The molecule has 1 aliphatic rings. The van der Waals surface area contributed by atoms with E-state index in [-0.39, 0.29) is 27.9 Å². The lowest BCUT2D eigenvalue weighted by Gasteiger charge is -2.42. The molecule has 4 nitrogen and oxygen atoms in total. The minimum absolute atomic E-state index is 0.000380. The zero-order chi connectivity index (χ0) is 21.8. The largest absolute Gasteiger partial charge is 0.508 e. The van der Waals surface area contributed by atoms with Crippen LogP contribution in [0.1, 0.15) is 77.9 Å². The number of ketones is 1. The molecule has 3 aromatic carbocycles. The van der Waals surface area contributed by atoms with Gasteiger partial charge in [0, 0.05) is 11.1 Å². The number of aromatic carboxylic acids is 1. The van der Waals surface area contributed by atoms with Crippen LogP contribution in [0.2, 0.25) is 0 Å². The van der Waals surface area contributed by atoms with Crippen molar-refractivity contribution >= 4 is 22.5 Å². The van der Waals surface area contributed by atoms with Crippen LogP contribution in [0.25, 0.3) is 10.8 Å². The van der Waals surface area contributed by atoms with Gasteiger partial charge < -0.3 is 10.2 Å². The van der Waals surface area contributed by atoms with Gasteiger partial charge in [0.25, 0.3) is 0 Å². The van der Waals surface area contributed by atoms with Crippen LogP contribution < -0.4 is 0 Å². The SMILES string of the molecule is CC1(C)CCC(C)(C)c2cc3c(C(=O)c4ccc(C(=O)O)cc4)cc(O)cc3cc21. The average molecular weight is 402 g/mol. The Morgan fingerprint density at radius 2 is 1.33 bits per heavy atom. The molecule has 2 N–H and O–H groups in total. The first kappa shape index (κ1) is 20.1. The van der Waals surface area contributed by atoms with E-state index in [1.807, 2.05) is 0 Å². The van der Waals surface area contributed by atoms with E-state index in [4.69, 9.17) is 5.11 Å². The number of rotatable bonds is 3. The normalized spacial score (nSPS) is 16.8. The summed E-state index contributed by atoms with van der Waals surface area (Å²) in [5.74, 6) is -1.23. The lowest BCUT2D eigenvalue weighted by molar-refractivity contribution is 0.0696. The minimum atomic E-state index is -1.03. The molecule has 0 radical (unpaired) electrons. The van der Waals surface area contributed by atoms with Crippen LogP contribution in [0.5, 0.6) is 5.75 Å². The Hall–Kier alpha value is -3.14. The molecule has 0 saturated heterocycles. The molecule has 0 unspecified atom stereocenters. The fourth-order valence-electron chi connectivity index (χ4n) is 4.52. The number of carbonyl (C=O) groups is 2. The summed E-state index contributed by atoms with van der Waals surface area (Å²) in [5.41, 5.74) is 3.49. The number of phenols is 1. The first-order valence-electron chi connectivity index (χ1n) is 10.2. The maximum Gasteiger partial charge on any atom is 0.335 e. The number of aromatic hydroxyl groups is 1. The quantitative estimate of drug-likeness (QED) is 0.541. The second-order valence-electron chi connectivity index (χ2n) is 9.59. The summed E-state index contributed by atoms with van der Waals surface area (Å²) in [4.78, 5) is 24.4. The van der Waals surface area contributed by atoms with Crippen molar-refractivity contribution in [2.75, 3.05) is 0 Å². The number of phenolic OH excluding ortho intramolecular Hbond substituents is 1. The van der Waals surface area contributed by atoms with E-state index in [1.54, 1.807) is 6.07 Å². The molecule has 0 amide bonds. The second kappa shape index (κ2) is 6.69. The highest BCUT2D eigenvalue weighted by atomic mass is 16.4. The summed E-state index contributed by atoms with van der Waals surface area (Å²) in [6, 6.07) is 13.3. The van der Waals surface area contributed by atoms with E-state index in [0.717, 1.165) is 23.6 Å². The summed E-state index contributed by atoms with van der Waals surface area (Å²) >= 11 is 0. The van der Waals surface area contributed by atoms with Crippen molar-refractivity contribution < 1.29 is 19.8 Å². The Kier molecular flexibility index (Phi) is 4.50. The predicted molar refractivity (Wildman–Crippen MR) is 118 cm³/mol. The maximum absolute atomic E-state index is 13.3. The molecule has 0 spiro atoms. The van der Waals surface area contributed by atoms with Gasteiger partial charge in [-0.25, -0.2) is 4.79 Å². The molecule has 1 aliphatic carbocycles. The molecule has 4 rings (SSSR count). The van der Waals surface area contributed by atoms with Gasteiger partial charge in [-0.3, -0.25) is 4.79 Å². The summed E-state index contributed by atoms with van der Waals surface area (Å²) in [6.45, 7) is 8.95. The third kappa shape index (κ3) is 3.26. The summed E-state index contributed by atoms with van der Waals surface area (Å²) in [7, 11) is 0. The van der Waals surface area contributed by atoms with Crippen LogP contribution in [-0.4, -0.2) is 22.0 Å². The molecule has 0 aliphatic heterocycles. The zero-order valence-electron chi connectivity index (χ0n) is 17.7. The third-order valence-electron chi connectivity index (χ3n) is 6.55. The van der Waals surface area contributed by atoms with Crippen molar-refractivity contribution in [2.45, 2.75) is 51.4 Å². The molecule has 0 bridgehead atoms. The lowest BCUT2D eigenvalue weighted by Crippen LogP contribution is -2.33. The standard InChI is InChI=1S/C26H26O4/c1-25(2)9-10-26(3,4)22-14-19-17(12-21(22)25)11-18(27)13-20(19)23(28)15-5-7-16(8-6-15)24(29)30/h5-8,11-14,27H,9-10H2,1-4H3,(H,29,30). The summed E-state index contributed by atoms with van der Waals surface area (Å²) in [5, 5.41) is 21.1. The van der Waals surface area contributed by atoms with Crippen LogP contribution in [0.15, 0.2) is 48.5 Å². The number of hydrogen-bond donors (Lipinski definition) is 2. The third-order valence-corrected chi connectivity index (χ3v) is 6.55. The van der Waals surface area contributed by atoms with Crippen molar-refractivity contribution in [1.82, 2.24) is 0 Å². The first-order valence-corrected chi connectivity index (χ1v) is 10.2. The van der Waals surface area contributed by atoms with Crippen LogP contribution >= 0.6 is 0 Å². The van der Waals surface area contributed by atoms with Gasteiger partial charge in [-0.1, -0.05) is 45.9 Å². The van der Waals surface area contributed by atoms with Crippen molar-refractivity contribution in [2.24, 2.45) is 0 Å². The zero-order valence-corrected chi connectivity index (χ0v) is 17.7. The van der Waals surface area contributed by atoms with Gasteiger partial charge in [0.05, 0.1) is 5.56 Å². The number of fused-ring (bicyclic) bond motifs is 2. The van der Waals surface area contributed by atoms with Gasteiger partial charge >= 0.3 is 5.97 Å². The summed E-state index contributed by atoms with van der Waals surface area (Å²) < 4.78 is 0. The average Bonchev–Trinajstić information content (AvgIpc) is 2.69. The molecule has 0 aromatic heterocycles. The Morgan fingerprint density at radius 1 is 0.800 bits per heavy atom. The fraction of sp³-hybridized carbons (Fsp3) is 0.308. The van der Waals surface area contributed by atoms with Gasteiger partial charge in [-0.05, 0) is 75.9 Å². The van der Waals surface area contributed by atoms with E-state index in [2.05, 4.69) is 39.8 Å². The smallest absolute Gasteiger partial charge is 0.335 e. The highest BCUT2D eigenvalue weighted by Crippen LogP contribution is 2.47. The lowest BCUT2D eigenvalue weighted by atomic mass is 9.62. The van der Waals surface area contributed by atoms with E-state index in [9.17, 15) is 14.7 Å². The molecule has 4 heteroatoms. The number of benzene rings is 3. The van der Waals surface area contributed by atoms with E-state index in [1.165, 1.54) is 41.5 Å². The minimum Gasteiger partial charge on any atom is -0.508 e. The predicted octanol–water partition coefficient (Wildman–Crippen LogP) is 5.82. The number of carboxylic acids is 1. The molecule has 0 heterocycles. The Morgan fingerprint density at radius 3 is 1.90 bits per heavy atom. The molecular formula is C26H26O4. The van der Waals surface area contributed by atoms with E-state index < -0.39 is 5.97 Å². The number of carboxylic acid groups (broad SMARTS) is 1. The molecular weight excluding hydrogens is 376 g/mol.